The smallest absolute Gasteiger partial charge is 0.388 e. The summed E-state index contributed by atoms with van der Waals surface area (Å²) in [4.78, 5) is 12.3. The minimum atomic E-state index is -5.14. The van der Waals surface area contributed by atoms with Crippen LogP contribution in [0.2, 0.25) is 0 Å². The molecule has 0 saturated carbocycles. The number of aromatic nitrogens is 1. The lowest BCUT2D eigenvalue weighted by Gasteiger charge is -2.10. The number of hydrogen-bond acceptors (Lipinski definition) is 4. The molecule has 0 fully saturated rings. The van der Waals surface area contributed by atoms with E-state index in [-0.39, 0.29) is 6.07 Å². The molecule has 0 N–H and O–H groups in total. The SMILES string of the molecule is O=[N+]([O-])c1c(C(F)F)cc(OC(F)(F)F)nc1Br. The predicted molar refractivity (Wildman–Crippen MR) is 50.2 cm³/mol. The average Bonchev–Trinajstić information content (AvgIpc) is 2.12. The molecule has 0 saturated heterocycles. The van der Waals surface area contributed by atoms with Crippen LogP contribution in [-0.2, 0) is 0 Å². The molecule has 0 aliphatic heterocycles. The fraction of sp³-hybridized carbons (Fsp3) is 0.286. The van der Waals surface area contributed by atoms with Gasteiger partial charge in [-0.25, -0.2) is 8.78 Å². The van der Waals surface area contributed by atoms with E-state index in [9.17, 15) is 32.1 Å². The van der Waals surface area contributed by atoms with Crippen molar-refractivity contribution < 1.29 is 31.6 Å². The molecular weight excluding hydrogens is 335 g/mol. The number of nitro groups is 1. The van der Waals surface area contributed by atoms with Crippen molar-refractivity contribution in [2.45, 2.75) is 12.8 Å². The normalized spacial score (nSPS) is 11.7. The Labute approximate surface area is 104 Å². The third kappa shape index (κ3) is 3.48. The predicted octanol–water partition coefficient (Wildman–Crippen LogP) is 3.59. The van der Waals surface area contributed by atoms with Crippen LogP contribution < -0.4 is 4.74 Å². The number of pyridine rings is 1. The van der Waals surface area contributed by atoms with Crippen molar-refractivity contribution in [3.8, 4) is 5.88 Å². The van der Waals surface area contributed by atoms with Crippen molar-refractivity contribution in [3.05, 3.63) is 26.3 Å². The zero-order valence-corrected chi connectivity index (χ0v) is 9.63. The zero-order valence-electron chi connectivity index (χ0n) is 8.04. The second-order valence-corrected chi connectivity index (χ2v) is 3.55. The molecule has 1 aromatic heterocycles. The molecule has 100 valence electrons. The van der Waals surface area contributed by atoms with Gasteiger partial charge in [0.25, 0.3) is 6.43 Å². The van der Waals surface area contributed by atoms with Crippen molar-refractivity contribution in [1.82, 2.24) is 4.98 Å². The molecule has 18 heavy (non-hydrogen) atoms. The summed E-state index contributed by atoms with van der Waals surface area (Å²) in [7, 11) is 0. The second kappa shape index (κ2) is 5.00. The van der Waals surface area contributed by atoms with Crippen LogP contribution in [0.25, 0.3) is 0 Å². The van der Waals surface area contributed by atoms with Gasteiger partial charge in [0, 0.05) is 6.07 Å². The van der Waals surface area contributed by atoms with Crippen LogP contribution in [0, 0.1) is 10.1 Å². The molecule has 0 radical (unpaired) electrons. The lowest BCUT2D eigenvalue weighted by molar-refractivity contribution is -0.387. The van der Waals surface area contributed by atoms with Crippen LogP contribution in [0.1, 0.15) is 12.0 Å². The Morgan fingerprint density at radius 1 is 1.44 bits per heavy atom. The Bertz CT molecular complexity index is 479. The topological polar surface area (TPSA) is 65.3 Å². The van der Waals surface area contributed by atoms with Crippen LogP contribution in [0.3, 0.4) is 0 Å². The summed E-state index contributed by atoms with van der Waals surface area (Å²) in [6.07, 6.45) is -8.48. The molecule has 0 unspecified atom stereocenters. The van der Waals surface area contributed by atoms with Gasteiger partial charge in [-0.2, -0.15) is 4.98 Å². The maximum absolute atomic E-state index is 12.5. The van der Waals surface area contributed by atoms with Crippen LogP contribution in [0.15, 0.2) is 10.7 Å². The van der Waals surface area contributed by atoms with Gasteiger partial charge >= 0.3 is 12.0 Å². The largest absolute Gasteiger partial charge is 0.574 e. The molecule has 0 aliphatic carbocycles. The lowest BCUT2D eigenvalue weighted by Crippen LogP contribution is -2.18. The zero-order chi connectivity index (χ0) is 14.1. The van der Waals surface area contributed by atoms with Gasteiger partial charge in [-0.05, 0) is 15.9 Å². The minimum absolute atomic E-state index is 0.168. The van der Waals surface area contributed by atoms with Crippen LogP contribution in [-0.4, -0.2) is 16.3 Å². The number of halogens is 6. The molecule has 0 spiro atoms. The molecule has 1 rings (SSSR count). The summed E-state index contributed by atoms with van der Waals surface area (Å²) >= 11 is 2.44. The van der Waals surface area contributed by atoms with Crippen LogP contribution >= 0.6 is 15.9 Å². The molecular formula is C7H2BrF5N2O3. The van der Waals surface area contributed by atoms with Gasteiger partial charge in [0.15, 0.2) is 4.60 Å². The first-order valence-corrected chi connectivity index (χ1v) is 4.80. The van der Waals surface area contributed by atoms with Gasteiger partial charge in [0.05, 0.1) is 4.92 Å². The fourth-order valence-electron chi connectivity index (χ4n) is 1.02. The number of ether oxygens (including phenoxy) is 1. The van der Waals surface area contributed by atoms with Crippen LogP contribution in [0.5, 0.6) is 5.88 Å². The molecule has 1 heterocycles. The Morgan fingerprint density at radius 2 is 2.00 bits per heavy atom. The van der Waals surface area contributed by atoms with Gasteiger partial charge in [-0.15, -0.1) is 13.2 Å². The second-order valence-electron chi connectivity index (χ2n) is 2.79. The molecule has 0 amide bonds. The van der Waals surface area contributed by atoms with E-state index in [1.165, 1.54) is 0 Å². The Hall–Kier alpha value is -1.52. The summed E-state index contributed by atoms with van der Waals surface area (Å²) < 4.78 is 63.1. The van der Waals surface area contributed by atoms with E-state index in [1.54, 1.807) is 0 Å². The van der Waals surface area contributed by atoms with Gasteiger partial charge in [-0.1, -0.05) is 0 Å². The third-order valence-electron chi connectivity index (χ3n) is 1.59. The van der Waals surface area contributed by atoms with E-state index in [1.807, 2.05) is 0 Å². The first-order valence-electron chi connectivity index (χ1n) is 4.00. The number of hydrogen-bond donors (Lipinski definition) is 0. The van der Waals surface area contributed by atoms with Gasteiger partial charge in [-0.3, -0.25) is 10.1 Å². The lowest BCUT2D eigenvalue weighted by atomic mass is 10.2. The Morgan fingerprint density at radius 3 is 2.39 bits per heavy atom. The van der Waals surface area contributed by atoms with E-state index in [0.29, 0.717) is 0 Å². The summed E-state index contributed by atoms with van der Waals surface area (Å²) in [5, 5.41) is 10.5. The van der Waals surface area contributed by atoms with E-state index in [4.69, 9.17) is 0 Å². The maximum atomic E-state index is 12.5. The van der Waals surface area contributed by atoms with E-state index in [2.05, 4.69) is 25.7 Å². The first-order chi connectivity index (χ1) is 8.11. The summed E-state index contributed by atoms with van der Waals surface area (Å²) in [6, 6.07) is 0.168. The fourth-order valence-corrected chi connectivity index (χ4v) is 1.57. The average molecular weight is 337 g/mol. The van der Waals surface area contributed by atoms with Crippen molar-refractivity contribution in [2.75, 3.05) is 0 Å². The first kappa shape index (κ1) is 14.5. The monoisotopic (exact) mass is 336 g/mol. The van der Waals surface area contributed by atoms with E-state index >= 15 is 0 Å². The van der Waals surface area contributed by atoms with Gasteiger partial charge in [0.2, 0.25) is 5.88 Å². The molecule has 0 aromatic carbocycles. The molecule has 11 heteroatoms. The summed E-state index contributed by atoms with van der Waals surface area (Å²) in [5.74, 6) is -1.21. The van der Waals surface area contributed by atoms with Crippen molar-refractivity contribution in [3.63, 3.8) is 0 Å². The highest BCUT2D eigenvalue weighted by Gasteiger charge is 2.34. The van der Waals surface area contributed by atoms with E-state index in [0.717, 1.165) is 0 Å². The molecule has 0 aliphatic rings. The quantitative estimate of drug-likeness (QED) is 0.366. The minimum Gasteiger partial charge on any atom is -0.388 e. The molecule has 0 bridgehead atoms. The number of alkyl halides is 5. The van der Waals surface area contributed by atoms with E-state index < -0.39 is 39.4 Å². The van der Waals surface area contributed by atoms with Crippen molar-refractivity contribution >= 4 is 21.6 Å². The molecule has 0 atom stereocenters. The van der Waals surface area contributed by atoms with Gasteiger partial charge in [0.1, 0.15) is 5.56 Å². The van der Waals surface area contributed by atoms with Crippen LogP contribution in [0.4, 0.5) is 27.6 Å². The molecule has 5 nitrogen and oxygen atoms in total. The van der Waals surface area contributed by atoms with Crippen molar-refractivity contribution in [2.24, 2.45) is 0 Å². The number of rotatable bonds is 3. The Balaban J connectivity index is 3.32. The highest BCUT2D eigenvalue weighted by atomic mass is 79.9. The highest BCUT2D eigenvalue weighted by molar-refractivity contribution is 9.10. The standard InChI is InChI=1S/C7H2BrF5N2O3/c8-5-4(15(16)17)2(6(9)10)1-3(14-5)18-7(11,12)13/h1,6H. The number of nitrogens with zero attached hydrogens (tertiary/aromatic N) is 2. The van der Waals surface area contributed by atoms with Gasteiger partial charge < -0.3 is 4.74 Å². The summed E-state index contributed by atoms with van der Waals surface area (Å²) in [6.45, 7) is 0. The Kier molecular flexibility index (Phi) is 4.04. The molecule has 1 aromatic rings. The maximum Gasteiger partial charge on any atom is 0.574 e. The summed E-state index contributed by atoms with van der Waals surface area (Å²) in [5.41, 5.74) is -2.33. The highest BCUT2D eigenvalue weighted by Crippen LogP contribution is 2.37. The third-order valence-corrected chi connectivity index (χ3v) is 2.15. The van der Waals surface area contributed by atoms with Crippen molar-refractivity contribution in [1.29, 1.82) is 0 Å².